The number of rotatable bonds is 7. The van der Waals surface area contributed by atoms with Gasteiger partial charge in [-0.25, -0.2) is 0 Å². The van der Waals surface area contributed by atoms with E-state index in [2.05, 4.69) is 31.9 Å². The van der Waals surface area contributed by atoms with E-state index in [9.17, 15) is 14.4 Å². The minimum atomic E-state index is -0.757. The zero-order valence-corrected chi connectivity index (χ0v) is 16.8. The van der Waals surface area contributed by atoms with E-state index in [1.165, 1.54) is 11.3 Å². The molecule has 2 atom stereocenters. The molecular weight excluding hydrogens is 418 g/mol. The summed E-state index contributed by atoms with van der Waals surface area (Å²) in [5.74, 6) is -1.04. The number of thiophene rings is 1. The van der Waals surface area contributed by atoms with Crippen molar-refractivity contribution in [2.75, 3.05) is 0 Å². The molecule has 3 N–H and O–H groups in total. The topological polar surface area (TPSA) is 87.3 Å². The molecule has 26 heavy (non-hydrogen) atoms. The first-order chi connectivity index (χ1) is 12.4. The molecule has 0 radical (unpaired) electrons. The quantitative estimate of drug-likeness (QED) is 0.621. The fraction of sp³-hybridized carbons (Fsp3) is 0.278. The van der Waals surface area contributed by atoms with Gasteiger partial charge in [-0.15, -0.1) is 11.3 Å². The van der Waals surface area contributed by atoms with Crippen LogP contribution in [0.25, 0.3) is 0 Å². The molecule has 2 rings (SSSR count). The fourth-order valence-corrected chi connectivity index (χ4v) is 3.40. The molecule has 2 unspecified atom stereocenters. The highest BCUT2D eigenvalue weighted by Crippen LogP contribution is 2.21. The maximum absolute atomic E-state index is 12.2. The smallest absolute Gasteiger partial charge is 0.262 e. The lowest BCUT2D eigenvalue weighted by Gasteiger charge is -2.18. The summed E-state index contributed by atoms with van der Waals surface area (Å²) in [4.78, 5) is 36.9. The fourth-order valence-electron chi connectivity index (χ4n) is 2.11. The predicted molar refractivity (Wildman–Crippen MR) is 105 cm³/mol. The molecule has 2 aromatic rings. The second-order valence-electron chi connectivity index (χ2n) is 5.73. The number of amides is 3. The first kappa shape index (κ1) is 20.1. The molecule has 0 spiro atoms. The molecule has 0 saturated heterocycles. The van der Waals surface area contributed by atoms with Crippen molar-refractivity contribution in [3.63, 3.8) is 0 Å². The number of hydrogen-bond donors (Lipinski definition) is 3. The molecular formula is C18H20BrN3O3S. The molecule has 3 amide bonds. The summed E-state index contributed by atoms with van der Waals surface area (Å²) in [6, 6.07) is 11.5. The Balaban J connectivity index is 1.79. The van der Waals surface area contributed by atoms with Crippen molar-refractivity contribution in [1.29, 1.82) is 0 Å². The Morgan fingerprint density at radius 2 is 1.62 bits per heavy atom. The van der Waals surface area contributed by atoms with Gasteiger partial charge in [0.15, 0.2) is 0 Å². The van der Waals surface area contributed by atoms with E-state index in [0.717, 1.165) is 9.35 Å². The Morgan fingerprint density at radius 1 is 0.962 bits per heavy atom. The van der Waals surface area contributed by atoms with Crippen LogP contribution in [0.1, 0.15) is 29.1 Å². The second-order valence-corrected chi connectivity index (χ2v) is 8.20. The molecule has 0 fully saturated rings. The highest BCUT2D eigenvalue weighted by molar-refractivity contribution is 9.11. The van der Waals surface area contributed by atoms with Gasteiger partial charge in [0.25, 0.3) is 5.91 Å². The van der Waals surface area contributed by atoms with E-state index < -0.39 is 18.0 Å². The van der Waals surface area contributed by atoms with Crippen molar-refractivity contribution in [2.24, 2.45) is 0 Å². The van der Waals surface area contributed by atoms with E-state index >= 15 is 0 Å². The van der Waals surface area contributed by atoms with Gasteiger partial charge in [0.1, 0.15) is 12.1 Å². The maximum atomic E-state index is 12.2. The Bertz CT molecular complexity index is 779. The third-order valence-electron chi connectivity index (χ3n) is 3.60. The van der Waals surface area contributed by atoms with Gasteiger partial charge in [0.2, 0.25) is 11.8 Å². The van der Waals surface area contributed by atoms with Gasteiger partial charge in [0, 0.05) is 6.54 Å². The summed E-state index contributed by atoms with van der Waals surface area (Å²) in [7, 11) is 0. The van der Waals surface area contributed by atoms with Crippen molar-refractivity contribution >= 4 is 45.0 Å². The van der Waals surface area contributed by atoms with Gasteiger partial charge in [-0.2, -0.15) is 0 Å². The Morgan fingerprint density at radius 3 is 2.23 bits per heavy atom. The Hall–Kier alpha value is -2.19. The zero-order chi connectivity index (χ0) is 19.1. The summed E-state index contributed by atoms with van der Waals surface area (Å²) in [6.45, 7) is 3.56. The third kappa shape index (κ3) is 5.96. The largest absolute Gasteiger partial charge is 0.350 e. The third-order valence-corrected chi connectivity index (χ3v) is 5.22. The summed E-state index contributed by atoms with van der Waals surface area (Å²) in [5, 5.41) is 7.99. The van der Waals surface area contributed by atoms with Gasteiger partial charge in [-0.3, -0.25) is 14.4 Å². The molecule has 0 aliphatic rings. The molecule has 1 aromatic heterocycles. The lowest BCUT2D eigenvalue weighted by Crippen LogP contribution is -2.51. The van der Waals surface area contributed by atoms with Gasteiger partial charge >= 0.3 is 0 Å². The summed E-state index contributed by atoms with van der Waals surface area (Å²) in [6.07, 6.45) is 0. The molecule has 0 bridgehead atoms. The predicted octanol–water partition coefficient (Wildman–Crippen LogP) is 2.45. The zero-order valence-electron chi connectivity index (χ0n) is 14.4. The van der Waals surface area contributed by atoms with Crippen LogP contribution < -0.4 is 16.0 Å². The van der Waals surface area contributed by atoms with Crippen molar-refractivity contribution in [2.45, 2.75) is 32.5 Å². The second kappa shape index (κ2) is 9.49. The Kier molecular flexibility index (Phi) is 7.35. The molecule has 0 aliphatic carbocycles. The molecule has 0 saturated carbocycles. The minimum Gasteiger partial charge on any atom is -0.350 e. The van der Waals surface area contributed by atoms with Crippen molar-refractivity contribution in [3.05, 3.63) is 56.7 Å². The Labute approximate surface area is 164 Å². The molecule has 1 aromatic carbocycles. The van der Waals surface area contributed by atoms with Crippen LogP contribution >= 0.6 is 27.3 Å². The number of hydrogen-bond acceptors (Lipinski definition) is 4. The molecule has 8 heteroatoms. The van der Waals surface area contributed by atoms with Gasteiger partial charge in [-0.1, -0.05) is 30.3 Å². The summed E-state index contributed by atoms with van der Waals surface area (Å²) in [5.41, 5.74) is 0.974. The summed E-state index contributed by atoms with van der Waals surface area (Å²) >= 11 is 4.57. The van der Waals surface area contributed by atoms with Gasteiger partial charge in [0.05, 0.1) is 8.66 Å². The van der Waals surface area contributed by atoms with Crippen LogP contribution in [-0.4, -0.2) is 29.8 Å². The average molecular weight is 438 g/mol. The van der Waals surface area contributed by atoms with Crippen molar-refractivity contribution in [3.8, 4) is 0 Å². The molecule has 6 nitrogen and oxygen atoms in total. The van der Waals surface area contributed by atoms with Crippen LogP contribution in [0.3, 0.4) is 0 Å². The number of halogens is 1. The number of carbonyl (C=O) groups is 3. The van der Waals surface area contributed by atoms with E-state index in [1.807, 2.05) is 30.3 Å². The van der Waals surface area contributed by atoms with Crippen molar-refractivity contribution < 1.29 is 14.4 Å². The van der Waals surface area contributed by atoms with Crippen LogP contribution in [0.4, 0.5) is 0 Å². The standard InChI is InChI=1S/C18H20BrN3O3S/c1-11(16(23)20-10-13-6-4-3-5-7-13)21-17(24)12(2)22-18(25)14-8-9-15(19)26-14/h3-9,11-12H,10H2,1-2H3,(H,20,23)(H,21,24)(H,22,25). The van der Waals surface area contributed by atoms with E-state index in [1.54, 1.807) is 26.0 Å². The van der Waals surface area contributed by atoms with E-state index in [4.69, 9.17) is 0 Å². The number of nitrogens with one attached hydrogen (secondary N) is 3. The molecule has 138 valence electrons. The van der Waals surface area contributed by atoms with Crippen LogP contribution in [0.2, 0.25) is 0 Å². The maximum Gasteiger partial charge on any atom is 0.262 e. The SMILES string of the molecule is CC(NC(=O)c1ccc(Br)s1)C(=O)NC(C)C(=O)NCc1ccccc1. The van der Waals surface area contributed by atoms with Gasteiger partial charge in [-0.05, 0) is 47.5 Å². The van der Waals surface area contributed by atoms with E-state index in [0.29, 0.717) is 11.4 Å². The lowest BCUT2D eigenvalue weighted by molar-refractivity contribution is -0.129. The van der Waals surface area contributed by atoms with Crippen LogP contribution in [0.15, 0.2) is 46.3 Å². The monoisotopic (exact) mass is 437 g/mol. The van der Waals surface area contributed by atoms with Crippen LogP contribution in [0, 0.1) is 0 Å². The normalized spacial score (nSPS) is 12.7. The van der Waals surface area contributed by atoms with Crippen LogP contribution in [-0.2, 0) is 16.1 Å². The average Bonchev–Trinajstić information content (AvgIpc) is 3.06. The van der Waals surface area contributed by atoms with Crippen LogP contribution in [0.5, 0.6) is 0 Å². The first-order valence-electron chi connectivity index (χ1n) is 8.05. The van der Waals surface area contributed by atoms with Crippen molar-refractivity contribution in [1.82, 2.24) is 16.0 Å². The van der Waals surface area contributed by atoms with Gasteiger partial charge < -0.3 is 16.0 Å². The molecule has 1 heterocycles. The molecule has 0 aliphatic heterocycles. The first-order valence-corrected chi connectivity index (χ1v) is 9.66. The minimum absolute atomic E-state index is 0.289. The highest BCUT2D eigenvalue weighted by atomic mass is 79.9. The van der Waals surface area contributed by atoms with E-state index in [-0.39, 0.29) is 11.8 Å². The highest BCUT2D eigenvalue weighted by Gasteiger charge is 2.21. The lowest BCUT2D eigenvalue weighted by atomic mass is 10.2. The number of carbonyl (C=O) groups excluding carboxylic acids is 3. The summed E-state index contributed by atoms with van der Waals surface area (Å²) < 4.78 is 0.837. The number of benzene rings is 1.